The molecule has 0 aliphatic carbocycles. The topological polar surface area (TPSA) is 34.1 Å². The van der Waals surface area contributed by atoms with E-state index in [2.05, 4.69) is 13.8 Å². The molecule has 2 nitrogen and oxygen atoms in total. The lowest BCUT2D eigenvalue weighted by Gasteiger charge is -2.15. The molecule has 0 unspecified atom stereocenters. The van der Waals surface area contributed by atoms with Crippen LogP contribution < -0.4 is 0 Å². The molecule has 0 N–H and O–H groups in total. The smallest absolute Gasteiger partial charge is 0.161 e. The number of unbranched alkanes of at least 4 members (excludes halogenated alkanes) is 6. The van der Waals surface area contributed by atoms with Crippen LogP contribution in [0.4, 0.5) is 0 Å². The summed E-state index contributed by atoms with van der Waals surface area (Å²) in [6.45, 7) is 10.0. The molecule has 0 aliphatic heterocycles. The standard InChI is InChI=1S/C20H36O2/c1-6-8-10-11-12-13-15-18(21)17(14-9-7-2)16-19(22)20(3,4)5/h16H,6-15H2,1-5H3/b17-16-. The Balaban J connectivity index is 4.46. The van der Waals surface area contributed by atoms with E-state index in [0.29, 0.717) is 6.42 Å². The van der Waals surface area contributed by atoms with Crippen molar-refractivity contribution in [2.24, 2.45) is 5.41 Å². The van der Waals surface area contributed by atoms with Crippen LogP contribution in [0.3, 0.4) is 0 Å². The molecule has 0 radical (unpaired) electrons. The Kier molecular flexibility index (Phi) is 11.1. The Hall–Kier alpha value is -0.920. The maximum Gasteiger partial charge on any atom is 0.161 e. The highest BCUT2D eigenvalue weighted by atomic mass is 16.1. The number of Topliss-reactive ketones (excluding diaryl/α,β-unsaturated/α-hetero) is 1. The third-order valence-electron chi connectivity index (χ3n) is 3.96. The highest BCUT2D eigenvalue weighted by Gasteiger charge is 2.21. The van der Waals surface area contributed by atoms with Crippen LogP contribution in [0.5, 0.6) is 0 Å². The lowest BCUT2D eigenvalue weighted by Crippen LogP contribution is -2.19. The first-order valence-electron chi connectivity index (χ1n) is 9.11. The monoisotopic (exact) mass is 308 g/mol. The fraction of sp³-hybridized carbons (Fsp3) is 0.800. The average molecular weight is 309 g/mol. The van der Waals surface area contributed by atoms with Crippen molar-refractivity contribution in [2.45, 2.75) is 98.8 Å². The van der Waals surface area contributed by atoms with Crippen molar-refractivity contribution in [3.8, 4) is 0 Å². The van der Waals surface area contributed by atoms with Crippen LogP contribution in [0, 0.1) is 5.41 Å². The first-order chi connectivity index (χ1) is 10.3. The van der Waals surface area contributed by atoms with Crippen molar-refractivity contribution in [3.05, 3.63) is 11.6 Å². The van der Waals surface area contributed by atoms with E-state index < -0.39 is 5.41 Å². The average Bonchev–Trinajstić information content (AvgIpc) is 2.45. The van der Waals surface area contributed by atoms with Gasteiger partial charge in [-0.3, -0.25) is 9.59 Å². The van der Waals surface area contributed by atoms with Crippen molar-refractivity contribution >= 4 is 11.6 Å². The fourth-order valence-electron chi connectivity index (χ4n) is 2.26. The molecule has 0 atom stereocenters. The molecule has 0 fully saturated rings. The van der Waals surface area contributed by atoms with Crippen LogP contribution in [0.1, 0.15) is 98.8 Å². The third kappa shape index (κ3) is 9.92. The normalized spacial score (nSPS) is 12.5. The molecule has 0 aromatic rings. The highest BCUT2D eigenvalue weighted by molar-refractivity contribution is 6.04. The van der Waals surface area contributed by atoms with Gasteiger partial charge in [0.15, 0.2) is 11.6 Å². The molecule has 22 heavy (non-hydrogen) atoms. The molecule has 0 heterocycles. The molecule has 128 valence electrons. The molecule has 0 aliphatic rings. The van der Waals surface area contributed by atoms with Gasteiger partial charge in [-0.15, -0.1) is 0 Å². The van der Waals surface area contributed by atoms with Crippen LogP contribution in [-0.4, -0.2) is 11.6 Å². The minimum atomic E-state index is -0.405. The summed E-state index contributed by atoms with van der Waals surface area (Å²) in [6.07, 6.45) is 12.1. The quantitative estimate of drug-likeness (QED) is 0.325. The first-order valence-corrected chi connectivity index (χ1v) is 9.11. The molecule has 0 saturated heterocycles. The van der Waals surface area contributed by atoms with Crippen molar-refractivity contribution in [3.63, 3.8) is 0 Å². The molecular weight excluding hydrogens is 272 g/mol. The first kappa shape index (κ1) is 21.1. The van der Waals surface area contributed by atoms with Crippen molar-refractivity contribution in [1.29, 1.82) is 0 Å². The second kappa shape index (κ2) is 11.6. The van der Waals surface area contributed by atoms with Crippen molar-refractivity contribution in [2.75, 3.05) is 0 Å². The number of ketones is 2. The van der Waals surface area contributed by atoms with Gasteiger partial charge >= 0.3 is 0 Å². The molecule has 0 aromatic carbocycles. The zero-order valence-corrected chi connectivity index (χ0v) is 15.5. The number of rotatable bonds is 12. The van der Waals surface area contributed by atoms with Crippen LogP contribution >= 0.6 is 0 Å². The number of allylic oxidation sites excluding steroid dienone is 2. The number of carbonyl (C=O) groups is 2. The second-order valence-corrected chi connectivity index (χ2v) is 7.33. The second-order valence-electron chi connectivity index (χ2n) is 7.33. The lowest BCUT2D eigenvalue weighted by atomic mass is 9.88. The van der Waals surface area contributed by atoms with E-state index in [1.807, 2.05) is 20.8 Å². The molecule has 2 heteroatoms. The van der Waals surface area contributed by atoms with Gasteiger partial charge in [0.05, 0.1) is 0 Å². The number of carbonyl (C=O) groups excluding carboxylic acids is 2. The number of hydrogen-bond acceptors (Lipinski definition) is 2. The Labute approximate surface area is 137 Å². The summed E-state index contributed by atoms with van der Waals surface area (Å²) in [5.41, 5.74) is 0.341. The summed E-state index contributed by atoms with van der Waals surface area (Å²) in [4.78, 5) is 24.5. The largest absolute Gasteiger partial charge is 0.295 e. The van der Waals surface area contributed by atoms with Gasteiger partial charge in [-0.25, -0.2) is 0 Å². The Bertz CT molecular complexity index is 358. The van der Waals surface area contributed by atoms with Crippen molar-refractivity contribution < 1.29 is 9.59 Å². The molecule has 0 saturated carbocycles. The SMILES string of the molecule is CCCCCCCCC(=O)/C(=C\C(=O)C(C)(C)C)CCCC. The Morgan fingerprint density at radius 3 is 1.86 bits per heavy atom. The summed E-state index contributed by atoms with van der Waals surface area (Å²) in [6, 6.07) is 0. The van der Waals surface area contributed by atoms with E-state index in [9.17, 15) is 9.59 Å². The predicted octanol–water partition coefficient (Wildman–Crippen LogP) is 6.04. The van der Waals surface area contributed by atoms with Crippen LogP contribution in [-0.2, 0) is 9.59 Å². The van der Waals surface area contributed by atoms with Gasteiger partial charge in [-0.1, -0.05) is 73.1 Å². The maximum absolute atomic E-state index is 12.4. The van der Waals surface area contributed by atoms with E-state index >= 15 is 0 Å². The molecule has 0 bridgehead atoms. The molecular formula is C20H36O2. The fourth-order valence-corrected chi connectivity index (χ4v) is 2.26. The van der Waals surface area contributed by atoms with Gasteiger partial charge in [0, 0.05) is 11.8 Å². The predicted molar refractivity (Wildman–Crippen MR) is 95.1 cm³/mol. The van der Waals surface area contributed by atoms with Crippen LogP contribution in [0.15, 0.2) is 11.6 Å². The maximum atomic E-state index is 12.4. The molecule has 0 aromatic heterocycles. The van der Waals surface area contributed by atoms with Crippen molar-refractivity contribution in [1.82, 2.24) is 0 Å². The lowest BCUT2D eigenvalue weighted by molar-refractivity contribution is -0.122. The third-order valence-corrected chi connectivity index (χ3v) is 3.96. The summed E-state index contributed by atoms with van der Waals surface area (Å²) in [5.74, 6) is 0.247. The van der Waals surface area contributed by atoms with Crippen LogP contribution in [0.2, 0.25) is 0 Å². The summed E-state index contributed by atoms with van der Waals surface area (Å²) in [7, 11) is 0. The molecule has 0 spiro atoms. The van der Waals surface area contributed by atoms with Gasteiger partial charge in [-0.05, 0) is 30.9 Å². The van der Waals surface area contributed by atoms with Gasteiger partial charge in [0.25, 0.3) is 0 Å². The summed E-state index contributed by atoms with van der Waals surface area (Å²) < 4.78 is 0. The highest BCUT2D eigenvalue weighted by Crippen LogP contribution is 2.20. The zero-order chi connectivity index (χ0) is 17.0. The van der Waals surface area contributed by atoms with E-state index in [1.165, 1.54) is 25.7 Å². The van der Waals surface area contributed by atoms with Crippen LogP contribution in [0.25, 0.3) is 0 Å². The van der Waals surface area contributed by atoms with E-state index in [-0.39, 0.29) is 11.6 Å². The van der Waals surface area contributed by atoms with E-state index in [0.717, 1.165) is 37.7 Å². The number of hydrogen-bond donors (Lipinski definition) is 0. The van der Waals surface area contributed by atoms with E-state index in [4.69, 9.17) is 0 Å². The molecule has 0 amide bonds. The molecule has 0 rings (SSSR count). The Morgan fingerprint density at radius 2 is 1.32 bits per heavy atom. The van der Waals surface area contributed by atoms with Gasteiger partial charge in [0.1, 0.15) is 0 Å². The zero-order valence-electron chi connectivity index (χ0n) is 15.5. The Morgan fingerprint density at radius 1 is 0.773 bits per heavy atom. The summed E-state index contributed by atoms with van der Waals surface area (Å²) in [5, 5.41) is 0. The van der Waals surface area contributed by atoms with Gasteiger partial charge in [-0.2, -0.15) is 0 Å². The van der Waals surface area contributed by atoms with Gasteiger partial charge < -0.3 is 0 Å². The van der Waals surface area contributed by atoms with Gasteiger partial charge in [0.2, 0.25) is 0 Å². The minimum Gasteiger partial charge on any atom is -0.295 e. The van der Waals surface area contributed by atoms with E-state index in [1.54, 1.807) is 6.08 Å². The summed E-state index contributed by atoms with van der Waals surface area (Å²) >= 11 is 0. The minimum absolute atomic E-state index is 0.0647.